The van der Waals surface area contributed by atoms with E-state index in [1.165, 1.54) is 10.9 Å². The minimum absolute atomic E-state index is 0.00565. The zero-order chi connectivity index (χ0) is 24.6. The zero-order valence-corrected chi connectivity index (χ0v) is 19.8. The number of carbonyl (C=O) groups is 3. The molecule has 0 aromatic carbocycles. The summed E-state index contributed by atoms with van der Waals surface area (Å²) in [5.41, 5.74) is 13.1. The van der Waals surface area contributed by atoms with Crippen molar-refractivity contribution < 1.29 is 19.1 Å². The van der Waals surface area contributed by atoms with E-state index in [1.807, 2.05) is 13.8 Å². The third-order valence-electron chi connectivity index (χ3n) is 6.33. The smallest absolute Gasteiger partial charge is 0.343 e. The lowest BCUT2D eigenvalue weighted by Gasteiger charge is -2.28. The highest BCUT2D eigenvalue weighted by atomic mass is 16.5. The molecule has 1 unspecified atom stereocenters. The number of nitrogens with zero attached hydrogens (tertiary/aromatic N) is 4. The van der Waals surface area contributed by atoms with Crippen molar-refractivity contribution in [2.45, 2.75) is 78.0 Å². The van der Waals surface area contributed by atoms with E-state index in [0.717, 1.165) is 32.1 Å². The number of hydrogen-bond donors (Lipinski definition) is 3. The summed E-state index contributed by atoms with van der Waals surface area (Å²) in [7, 11) is 0. The van der Waals surface area contributed by atoms with Crippen LogP contribution in [0.4, 0.5) is 5.82 Å². The zero-order valence-electron chi connectivity index (χ0n) is 19.8. The molecule has 0 aliphatic heterocycles. The standard InChI is InChI=1S/C23H31N7O4/c1-12-17-15(9-23(2,3)10-16(17)31)30(29-12)22-26-11-14(19(25)32)20(28-22)27-18(24)21(33)34-13-7-5-4-6-8-13/h11,13,18H,4-10,24H2,1-3H3,(H2,25,32)(H,26,27,28). The molecule has 2 aromatic rings. The lowest BCUT2D eigenvalue weighted by atomic mass is 9.75. The molecule has 2 aliphatic carbocycles. The van der Waals surface area contributed by atoms with Gasteiger partial charge in [0.25, 0.3) is 11.9 Å². The number of aromatic nitrogens is 4. The molecule has 1 atom stereocenters. The molecule has 11 nitrogen and oxygen atoms in total. The third kappa shape index (κ3) is 4.79. The van der Waals surface area contributed by atoms with E-state index in [-0.39, 0.29) is 34.6 Å². The number of fused-ring (bicyclic) bond motifs is 1. The molecule has 0 spiro atoms. The fourth-order valence-electron chi connectivity index (χ4n) is 4.70. The Morgan fingerprint density at radius 1 is 1.24 bits per heavy atom. The first-order valence-corrected chi connectivity index (χ1v) is 11.6. The number of aryl methyl sites for hydroxylation is 1. The summed E-state index contributed by atoms with van der Waals surface area (Å²) in [6.45, 7) is 5.79. The quantitative estimate of drug-likeness (QED) is 0.422. The molecule has 0 saturated heterocycles. The number of esters is 1. The van der Waals surface area contributed by atoms with Gasteiger partial charge in [-0.2, -0.15) is 10.1 Å². The first kappa shape index (κ1) is 23.8. The van der Waals surface area contributed by atoms with Crippen LogP contribution in [0.2, 0.25) is 0 Å². The van der Waals surface area contributed by atoms with E-state index in [1.54, 1.807) is 6.92 Å². The number of carbonyl (C=O) groups excluding carboxylic acids is 3. The summed E-state index contributed by atoms with van der Waals surface area (Å²) in [6, 6.07) is 0. The molecule has 0 bridgehead atoms. The molecule has 2 heterocycles. The molecule has 11 heteroatoms. The van der Waals surface area contributed by atoms with Crippen molar-refractivity contribution in [1.82, 2.24) is 19.7 Å². The van der Waals surface area contributed by atoms with Gasteiger partial charge in [0, 0.05) is 12.6 Å². The highest BCUT2D eigenvalue weighted by Crippen LogP contribution is 2.36. The van der Waals surface area contributed by atoms with Crippen molar-refractivity contribution in [2.75, 3.05) is 5.32 Å². The molecule has 1 fully saturated rings. The van der Waals surface area contributed by atoms with Crippen molar-refractivity contribution in [3.05, 3.63) is 28.7 Å². The number of ether oxygens (including phenoxy) is 1. The van der Waals surface area contributed by atoms with Crippen LogP contribution in [-0.4, -0.2) is 49.7 Å². The number of amides is 1. The van der Waals surface area contributed by atoms with Crippen LogP contribution in [-0.2, 0) is 16.0 Å². The van der Waals surface area contributed by atoms with E-state index in [9.17, 15) is 14.4 Å². The molecule has 2 aromatic heterocycles. The number of primary amides is 1. The summed E-state index contributed by atoms with van der Waals surface area (Å²) < 4.78 is 7.02. The van der Waals surface area contributed by atoms with Crippen LogP contribution in [0.25, 0.3) is 5.95 Å². The number of nitrogens with two attached hydrogens (primary N) is 2. The number of rotatable bonds is 6. The van der Waals surface area contributed by atoms with Gasteiger partial charge in [-0.25, -0.2) is 14.5 Å². The number of anilines is 1. The molecule has 2 aliphatic rings. The Morgan fingerprint density at radius 3 is 2.62 bits per heavy atom. The summed E-state index contributed by atoms with van der Waals surface area (Å²) in [5.74, 6) is -1.27. The average molecular weight is 470 g/mol. The molecule has 34 heavy (non-hydrogen) atoms. The molecule has 182 valence electrons. The first-order valence-electron chi connectivity index (χ1n) is 11.6. The molecule has 4 rings (SSSR count). The van der Waals surface area contributed by atoms with Gasteiger partial charge in [0.05, 0.1) is 22.5 Å². The van der Waals surface area contributed by atoms with Gasteiger partial charge in [-0.3, -0.25) is 9.59 Å². The van der Waals surface area contributed by atoms with Gasteiger partial charge in [-0.15, -0.1) is 0 Å². The van der Waals surface area contributed by atoms with E-state index in [0.29, 0.717) is 29.8 Å². The van der Waals surface area contributed by atoms with Crippen LogP contribution in [0.15, 0.2) is 6.20 Å². The molecule has 5 N–H and O–H groups in total. The van der Waals surface area contributed by atoms with Crippen LogP contribution in [0.3, 0.4) is 0 Å². The number of hydrogen-bond acceptors (Lipinski definition) is 9. The Hall–Kier alpha value is -3.34. The van der Waals surface area contributed by atoms with Crippen LogP contribution in [0.5, 0.6) is 0 Å². The van der Waals surface area contributed by atoms with Gasteiger partial charge < -0.3 is 21.5 Å². The van der Waals surface area contributed by atoms with Gasteiger partial charge in [0.1, 0.15) is 11.9 Å². The largest absolute Gasteiger partial charge is 0.460 e. The fraction of sp³-hybridized carbons (Fsp3) is 0.565. The summed E-state index contributed by atoms with van der Waals surface area (Å²) in [5, 5.41) is 7.24. The molecule has 0 radical (unpaired) electrons. The Kier molecular flexibility index (Phi) is 6.39. The van der Waals surface area contributed by atoms with Crippen molar-refractivity contribution >= 4 is 23.5 Å². The van der Waals surface area contributed by atoms with Crippen molar-refractivity contribution in [2.24, 2.45) is 16.9 Å². The summed E-state index contributed by atoms with van der Waals surface area (Å²) in [4.78, 5) is 45.9. The van der Waals surface area contributed by atoms with Crippen LogP contribution < -0.4 is 16.8 Å². The first-order chi connectivity index (χ1) is 16.1. The van der Waals surface area contributed by atoms with E-state index in [4.69, 9.17) is 16.2 Å². The van der Waals surface area contributed by atoms with Gasteiger partial charge >= 0.3 is 5.97 Å². The Balaban J connectivity index is 1.64. The molecular weight excluding hydrogens is 438 g/mol. The van der Waals surface area contributed by atoms with E-state index in [2.05, 4.69) is 20.4 Å². The van der Waals surface area contributed by atoms with Crippen LogP contribution in [0.1, 0.15) is 84.5 Å². The van der Waals surface area contributed by atoms with Gasteiger partial charge in [-0.05, 0) is 44.4 Å². The van der Waals surface area contributed by atoms with Crippen molar-refractivity contribution in [3.63, 3.8) is 0 Å². The second-order valence-corrected chi connectivity index (χ2v) is 9.88. The van der Waals surface area contributed by atoms with Crippen molar-refractivity contribution in [1.29, 1.82) is 0 Å². The van der Waals surface area contributed by atoms with Crippen molar-refractivity contribution in [3.8, 4) is 5.95 Å². The summed E-state index contributed by atoms with van der Waals surface area (Å²) in [6.07, 6.45) is 5.63. The van der Waals surface area contributed by atoms with Gasteiger partial charge in [0.2, 0.25) is 0 Å². The fourth-order valence-corrected chi connectivity index (χ4v) is 4.70. The number of Topliss-reactive ketones (excluding diaryl/α,β-unsaturated/α-hetero) is 1. The minimum Gasteiger partial charge on any atom is -0.460 e. The van der Waals surface area contributed by atoms with Gasteiger partial charge in [0.15, 0.2) is 11.9 Å². The minimum atomic E-state index is -1.25. The number of nitrogens with one attached hydrogen (secondary N) is 1. The maximum Gasteiger partial charge on any atom is 0.343 e. The second kappa shape index (κ2) is 9.13. The SMILES string of the molecule is Cc1nn(-c2ncc(C(N)=O)c(NC(N)C(=O)OC3CCCCC3)n2)c2c1C(=O)CC(C)(C)C2. The monoisotopic (exact) mass is 469 g/mol. The molecule has 1 amide bonds. The second-order valence-electron chi connectivity index (χ2n) is 9.88. The van der Waals surface area contributed by atoms with E-state index < -0.39 is 18.0 Å². The highest BCUT2D eigenvalue weighted by molar-refractivity contribution is 6.00. The third-order valence-corrected chi connectivity index (χ3v) is 6.33. The number of ketones is 1. The van der Waals surface area contributed by atoms with Crippen LogP contribution >= 0.6 is 0 Å². The molecule has 1 saturated carbocycles. The Bertz CT molecular complexity index is 1130. The lowest BCUT2D eigenvalue weighted by molar-refractivity contribution is -0.151. The normalized spacial score (nSPS) is 18.8. The van der Waals surface area contributed by atoms with Gasteiger partial charge in [-0.1, -0.05) is 20.3 Å². The predicted octanol–water partition coefficient (Wildman–Crippen LogP) is 1.80. The van der Waals surface area contributed by atoms with E-state index >= 15 is 0 Å². The summed E-state index contributed by atoms with van der Waals surface area (Å²) >= 11 is 0. The highest BCUT2D eigenvalue weighted by Gasteiger charge is 2.36. The predicted molar refractivity (Wildman–Crippen MR) is 123 cm³/mol. The average Bonchev–Trinajstić information content (AvgIpc) is 3.09. The topological polar surface area (TPSA) is 168 Å². The Labute approximate surface area is 197 Å². The Morgan fingerprint density at radius 2 is 1.94 bits per heavy atom. The maximum absolute atomic E-state index is 12.7. The lowest BCUT2D eigenvalue weighted by Crippen LogP contribution is -2.42. The maximum atomic E-state index is 12.7. The molecular formula is C23H31N7O4. The van der Waals surface area contributed by atoms with Crippen LogP contribution in [0, 0.1) is 12.3 Å².